The minimum absolute atomic E-state index is 0.0471. The third-order valence-corrected chi connectivity index (χ3v) is 7.07. The molecule has 0 aromatic heterocycles. The fourth-order valence-electron chi connectivity index (χ4n) is 5.26. The van der Waals surface area contributed by atoms with E-state index in [9.17, 15) is 14.4 Å². The highest BCUT2D eigenvalue weighted by molar-refractivity contribution is 6.36. The average molecular weight is 405 g/mol. The molecule has 7 heteroatoms. The Morgan fingerprint density at radius 3 is 2.30 bits per heavy atom. The Bertz CT molecular complexity index is 863. The Hall–Kier alpha value is -1.85. The highest BCUT2D eigenvalue weighted by atomic mass is 35.5. The summed E-state index contributed by atoms with van der Waals surface area (Å²) in [5.41, 5.74) is 0.459. The van der Waals surface area contributed by atoms with Gasteiger partial charge in [-0.15, -0.1) is 0 Å². The number of anilines is 1. The number of nitrogens with zero attached hydrogens (tertiary/aromatic N) is 1. The summed E-state index contributed by atoms with van der Waals surface area (Å²) in [6.07, 6.45) is 5.47. The second-order valence-corrected chi connectivity index (χ2v) is 8.75. The number of carbonyl (C=O) groups excluding carboxylic acids is 3. The normalized spacial score (nSPS) is 35.3. The second kappa shape index (κ2) is 6.08. The summed E-state index contributed by atoms with van der Waals surface area (Å²) in [7, 11) is 0. The summed E-state index contributed by atoms with van der Waals surface area (Å²) in [4.78, 5) is 39.3. The number of hydrogen-bond donors (Lipinski definition) is 1. The summed E-state index contributed by atoms with van der Waals surface area (Å²) in [5.74, 6) is 0.621. The first-order valence-electron chi connectivity index (χ1n) is 9.24. The number of amides is 3. The molecule has 1 N–H and O–H groups in total. The van der Waals surface area contributed by atoms with Gasteiger partial charge in [0.25, 0.3) is 0 Å². The lowest BCUT2D eigenvalue weighted by Gasteiger charge is -2.37. The molecule has 1 heterocycles. The number of benzene rings is 1. The van der Waals surface area contributed by atoms with Crippen molar-refractivity contribution < 1.29 is 14.4 Å². The summed E-state index contributed by atoms with van der Waals surface area (Å²) in [6, 6.07) is 4.80. The zero-order chi connectivity index (χ0) is 18.9. The first kappa shape index (κ1) is 17.3. The maximum Gasteiger partial charge on any atom is 0.233 e. The molecule has 2 bridgehead atoms. The molecule has 140 valence electrons. The molecule has 0 spiro atoms. The lowest BCUT2D eigenvalue weighted by molar-refractivity contribution is -0.140. The van der Waals surface area contributed by atoms with Crippen molar-refractivity contribution in [1.82, 2.24) is 4.90 Å². The highest BCUT2D eigenvalue weighted by Gasteiger charge is 2.66. The van der Waals surface area contributed by atoms with Crippen LogP contribution in [0, 0.1) is 35.5 Å². The van der Waals surface area contributed by atoms with Gasteiger partial charge in [0.1, 0.15) is 0 Å². The van der Waals surface area contributed by atoms with Gasteiger partial charge in [0.2, 0.25) is 17.7 Å². The van der Waals surface area contributed by atoms with Crippen molar-refractivity contribution in [2.45, 2.75) is 12.8 Å². The van der Waals surface area contributed by atoms with Gasteiger partial charge in [-0.3, -0.25) is 19.3 Å². The standard InChI is InChI=1S/C20H18Cl2N2O3/c21-9-1-4-15(14(22)7-9)23-16(25)5-6-24-19(26)17-10-2-3-11(13-8-12(10)13)18(17)20(24)27/h1-4,7,10-13,17-18H,5-6,8H2,(H,23,25)/t10-,11-,12-,13+,17+,18+/m0/s1. The molecular formula is C20H18Cl2N2O3. The van der Waals surface area contributed by atoms with Crippen LogP contribution < -0.4 is 5.32 Å². The number of hydrogen-bond acceptors (Lipinski definition) is 3. The predicted octanol–water partition coefficient (Wildman–Crippen LogP) is 3.38. The van der Waals surface area contributed by atoms with E-state index in [0.29, 0.717) is 27.6 Å². The van der Waals surface area contributed by atoms with Crippen LogP contribution in [0.1, 0.15) is 12.8 Å². The number of likely N-dealkylation sites (tertiary alicyclic amines) is 1. The first-order chi connectivity index (χ1) is 13.0. The Balaban J connectivity index is 1.25. The second-order valence-electron chi connectivity index (χ2n) is 7.91. The van der Waals surface area contributed by atoms with Crippen molar-refractivity contribution in [3.05, 3.63) is 40.4 Å². The molecule has 5 aliphatic rings. The van der Waals surface area contributed by atoms with E-state index in [2.05, 4.69) is 17.5 Å². The van der Waals surface area contributed by atoms with Gasteiger partial charge < -0.3 is 5.32 Å². The van der Waals surface area contributed by atoms with Crippen LogP contribution in [-0.4, -0.2) is 29.2 Å². The maximum absolute atomic E-state index is 12.9. The Morgan fingerprint density at radius 2 is 1.70 bits per heavy atom. The molecule has 1 aromatic carbocycles. The molecule has 5 nitrogen and oxygen atoms in total. The monoisotopic (exact) mass is 404 g/mol. The fraction of sp³-hybridized carbons (Fsp3) is 0.450. The van der Waals surface area contributed by atoms with Crippen molar-refractivity contribution in [3.63, 3.8) is 0 Å². The smallest absolute Gasteiger partial charge is 0.233 e. The molecule has 6 rings (SSSR count). The summed E-state index contributed by atoms with van der Waals surface area (Å²) in [5, 5.41) is 3.53. The molecular weight excluding hydrogens is 387 g/mol. The molecule has 2 saturated carbocycles. The largest absolute Gasteiger partial charge is 0.325 e. The van der Waals surface area contributed by atoms with E-state index in [-0.39, 0.29) is 54.4 Å². The van der Waals surface area contributed by atoms with Gasteiger partial charge in [-0.2, -0.15) is 0 Å². The van der Waals surface area contributed by atoms with E-state index >= 15 is 0 Å². The van der Waals surface area contributed by atoms with Crippen molar-refractivity contribution in [1.29, 1.82) is 0 Å². The van der Waals surface area contributed by atoms with Crippen LogP contribution in [0.25, 0.3) is 0 Å². The number of rotatable bonds is 4. The van der Waals surface area contributed by atoms with Crippen LogP contribution in [0.3, 0.4) is 0 Å². The summed E-state index contributed by atoms with van der Waals surface area (Å²) in [6.45, 7) is 0.108. The molecule has 27 heavy (non-hydrogen) atoms. The van der Waals surface area contributed by atoms with E-state index in [0.717, 1.165) is 6.42 Å². The lowest BCUT2D eigenvalue weighted by Crippen LogP contribution is -2.40. The van der Waals surface area contributed by atoms with Crippen molar-refractivity contribution >= 4 is 46.6 Å². The average Bonchev–Trinajstić information content (AvgIpc) is 3.41. The van der Waals surface area contributed by atoms with E-state index in [1.54, 1.807) is 18.2 Å². The van der Waals surface area contributed by atoms with Crippen LogP contribution >= 0.6 is 23.2 Å². The molecule has 6 atom stereocenters. The zero-order valence-corrected chi connectivity index (χ0v) is 15.9. The molecule has 1 saturated heterocycles. The number of carbonyl (C=O) groups is 3. The number of allylic oxidation sites excluding steroid dienone is 2. The van der Waals surface area contributed by atoms with Crippen molar-refractivity contribution in [3.8, 4) is 0 Å². The van der Waals surface area contributed by atoms with Gasteiger partial charge in [0.05, 0.1) is 22.5 Å². The third-order valence-electron chi connectivity index (χ3n) is 6.52. The molecule has 1 aliphatic heterocycles. The van der Waals surface area contributed by atoms with Gasteiger partial charge in [-0.05, 0) is 48.3 Å². The van der Waals surface area contributed by atoms with Crippen LogP contribution in [-0.2, 0) is 14.4 Å². The van der Waals surface area contributed by atoms with E-state index in [1.807, 2.05) is 0 Å². The zero-order valence-electron chi connectivity index (χ0n) is 14.4. The van der Waals surface area contributed by atoms with Gasteiger partial charge in [0, 0.05) is 18.0 Å². The Morgan fingerprint density at radius 1 is 1.07 bits per heavy atom. The molecule has 3 fully saturated rings. The summed E-state index contributed by atoms with van der Waals surface area (Å²) >= 11 is 11.9. The minimum Gasteiger partial charge on any atom is -0.325 e. The third kappa shape index (κ3) is 2.63. The van der Waals surface area contributed by atoms with Gasteiger partial charge in [-0.1, -0.05) is 35.4 Å². The molecule has 0 radical (unpaired) electrons. The predicted molar refractivity (Wildman–Crippen MR) is 101 cm³/mol. The maximum atomic E-state index is 12.9. The van der Waals surface area contributed by atoms with Crippen molar-refractivity contribution in [2.75, 3.05) is 11.9 Å². The minimum atomic E-state index is -0.293. The molecule has 1 aromatic rings. The van der Waals surface area contributed by atoms with Crippen LogP contribution in [0.5, 0.6) is 0 Å². The van der Waals surface area contributed by atoms with Crippen molar-refractivity contribution in [2.24, 2.45) is 35.5 Å². The van der Waals surface area contributed by atoms with E-state index in [4.69, 9.17) is 23.2 Å². The fourth-order valence-corrected chi connectivity index (χ4v) is 5.71. The first-order valence-corrected chi connectivity index (χ1v) is 10.00. The van der Waals surface area contributed by atoms with Gasteiger partial charge >= 0.3 is 0 Å². The number of nitrogens with one attached hydrogen (secondary N) is 1. The Kier molecular flexibility index (Phi) is 3.89. The van der Waals surface area contributed by atoms with Crippen LogP contribution in [0.2, 0.25) is 10.0 Å². The topological polar surface area (TPSA) is 66.5 Å². The highest BCUT2D eigenvalue weighted by Crippen LogP contribution is 2.65. The molecule has 4 aliphatic carbocycles. The molecule has 3 amide bonds. The number of imide groups is 1. The van der Waals surface area contributed by atoms with Gasteiger partial charge in [0.15, 0.2) is 0 Å². The number of halogens is 2. The summed E-state index contributed by atoms with van der Waals surface area (Å²) < 4.78 is 0. The van der Waals surface area contributed by atoms with E-state index < -0.39 is 0 Å². The molecule has 0 unspecified atom stereocenters. The van der Waals surface area contributed by atoms with Crippen LogP contribution in [0.15, 0.2) is 30.4 Å². The van der Waals surface area contributed by atoms with E-state index in [1.165, 1.54) is 4.90 Å². The Labute approximate surface area is 166 Å². The lowest BCUT2D eigenvalue weighted by atomic mass is 9.63. The van der Waals surface area contributed by atoms with Gasteiger partial charge in [-0.25, -0.2) is 0 Å². The SMILES string of the molecule is O=C(CCN1C(=O)[C@@H]2[C@H]3C=C[C@@H]([C@@H]4C[C@H]34)[C@H]2C1=O)Nc1ccc(Cl)cc1Cl. The van der Waals surface area contributed by atoms with Crippen LogP contribution in [0.4, 0.5) is 5.69 Å². The quantitative estimate of drug-likeness (QED) is 0.617.